The van der Waals surface area contributed by atoms with Crippen LogP contribution in [0.2, 0.25) is 0 Å². The largest absolute Gasteiger partial charge is 0.466 e. The van der Waals surface area contributed by atoms with Gasteiger partial charge in [-0.25, -0.2) is 4.79 Å². The van der Waals surface area contributed by atoms with Crippen LogP contribution in [0.15, 0.2) is 23.8 Å². The third kappa shape index (κ3) is 3.00. The van der Waals surface area contributed by atoms with Crippen LogP contribution in [0.3, 0.4) is 0 Å². The average molecular weight is 385 g/mol. The predicted octanol–water partition coefficient (Wildman–Crippen LogP) is 5.50. The van der Waals surface area contributed by atoms with E-state index in [1.165, 1.54) is 44.8 Å². The van der Waals surface area contributed by atoms with Gasteiger partial charge in [-0.2, -0.15) is 0 Å². The summed E-state index contributed by atoms with van der Waals surface area (Å²) < 4.78 is 4.78. The zero-order valence-corrected chi connectivity index (χ0v) is 18.0. The minimum absolute atomic E-state index is 0.248. The number of rotatable bonds is 3. The van der Waals surface area contributed by atoms with E-state index in [4.69, 9.17) is 4.74 Å². The van der Waals surface area contributed by atoms with Crippen molar-refractivity contribution in [1.82, 2.24) is 0 Å². The molecule has 0 aromatic carbocycles. The summed E-state index contributed by atoms with van der Waals surface area (Å²) in [6.45, 7) is 7.27. The molecule has 0 heterocycles. The van der Waals surface area contributed by atoms with E-state index in [1.807, 2.05) is 6.08 Å². The number of esters is 1. The summed E-state index contributed by atoms with van der Waals surface area (Å²) in [6, 6.07) is 0. The van der Waals surface area contributed by atoms with Gasteiger partial charge in [0.05, 0.1) is 7.11 Å². The van der Waals surface area contributed by atoms with Crippen molar-refractivity contribution in [2.24, 2.45) is 40.4 Å². The normalized spacial score (nSPS) is 43.7. The molecule has 0 spiro atoms. The van der Waals surface area contributed by atoms with Crippen LogP contribution in [0, 0.1) is 40.4 Å². The van der Waals surface area contributed by atoms with Crippen LogP contribution in [0.1, 0.15) is 72.1 Å². The topological polar surface area (TPSA) is 43.4 Å². The lowest BCUT2D eigenvalue weighted by atomic mass is 9.46. The van der Waals surface area contributed by atoms with E-state index in [0.29, 0.717) is 23.0 Å². The fourth-order valence-corrected chi connectivity index (χ4v) is 7.90. The molecule has 0 N–H and O–H groups in total. The highest BCUT2D eigenvalue weighted by Crippen LogP contribution is 2.67. The molecule has 3 saturated carbocycles. The number of fused-ring (bicyclic) bond motifs is 5. The Balaban J connectivity index is 1.55. The SMILES string of the molecule is COC(=O)/C=C/C(C)[C@H]1CCC2C3CCC4=CC(=O)CC[C@]4(C)C3CC[C@@]21C. The maximum Gasteiger partial charge on any atom is 0.330 e. The molecule has 3 fully saturated rings. The smallest absolute Gasteiger partial charge is 0.330 e. The first-order chi connectivity index (χ1) is 13.3. The number of methoxy groups -OCH3 is 1. The van der Waals surface area contributed by atoms with E-state index in [1.54, 1.807) is 6.08 Å². The Hall–Kier alpha value is -1.38. The lowest BCUT2D eigenvalue weighted by Crippen LogP contribution is -2.50. The molecule has 7 atom stereocenters. The minimum atomic E-state index is -0.248. The maximum atomic E-state index is 12.0. The molecule has 0 saturated heterocycles. The van der Waals surface area contributed by atoms with E-state index in [2.05, 4.69) is 26.8 Å². The number of carbonyl (C=O) groups excluding carboxylic acids is 2. The van der Waals surface area contributed by atoms with Gasteiger partial charge in [0, 0.05) is 12.5 Å². The van der Waals surface area contributed by atoms with E-state index in [-0.39, 0.29) is 11.4 Å². The third-order valence-electron chi connectivity index (χ3n) is 9.41. The highest BCUT2D eigenvalue weighted by atomic mass is 16.5. The number of ketones is 1. The molecule has 0 aliphatic heterocycles. The molecule has 0 bridgehead atoms. The summed E-state index contributed by atoms with van der Waals surface area (Å²) in [6.07, 6.45) is 15.1. The highest BCUT2D eigenvalue weighted by Gasteiger charge is 2.59. The Labute approximate surface area is 170 Å². The molecule has 4 aliphatic rings. The van der Waals surface area contributed by atoms with Crippen molar-refractivity contribution in [1.29, 1.82) is 0 Å². The Bertz CT molecular complexity index is 719. The Morgan fingerprint density at radius 1 is 1.14 bits per heavy atom. The summed E-state index contributed by atoms with van der Waals surface area (Å²) in [7, 11) is 1.44. The average Bonchev–Trinajstić information content (AvgIpc) is 3.03. The van der Waals surface area contributed by atoms with Gasteiger partial charge in [0.1, 0.15) is 0 Å². The molecule has 4 aliphatic carbocycles. The number of hydrogen-bond acceptors (Lipinski definition) is 3. The fraction of sp³-hybridized carbons (Fsp3) is 0.760. The third-order valence-corrected chi connectivity index (χ3v) is 9.41. The molecule has 3 heteroatoms. The summed E-state index contributed by atoms with van der Waals surface area (Å²) in [4.78, 5) is 23.5. The Morgan fingerprint density at radius 2 is 1.93 bits per heavy atom. The van der Waals surface area contributed by atoms with Crippen molar-refractivity contribution in [2.75, 3.05) is 7.11 Å². The molecule has 0 radical (unpaired) electrons. The molecule has 0 amide bonds. The van der Waals surface area contributed by atoms with Crippen molar-refractivity contribution in [3.05, 3.63) is 23.8 Å². The lowest BCUT2D eigenvalue weighted by Gasteiger charge is -2.58. The van der Waals surface area contributed by atoms with Gasteiger partial charge < -0.3 is 4.74 Å². The zero-order chi connectivity index (χ0) is 20.1. The molecule has 4 rings (SSSR count). The summed E-state index contributed by atoms with van der Waals surface area (Å²) >= 11 is 0. The molecule has 0 aromatic rings. The van der Waals surface area contributed by atoms with E-state index in [0.717, 1.165) is 37.0 Å². The molecule has 28 heavy (non-hydrogen) atoms. The van der Waals surface area contributed by atoms with Gasteiger partial charge in [-0.15, -0.1) is 0 Å². The predicted molar refractivity (Wildman–Crippen MR) is 111 cm³/mol. The van der Waals surface area contributed by atoms with Crippen LogP contribution < -0.4 is 0 Å². The van der Waals surface area contributed by atoms with Crippen LogP contribution in [0.4, 0.5) is 0 Å². The van der Waals surface area contributed by atoms with Crippen LogP contribution in [-0.4, -0.2) is 18.9 Å². The van der Waals surface area contributed by atoms with Gasteiger partial charge >= 0.3 is 5.97 Å². The first-order valence-electron chi connectivity index (χ1n) is 11.3. The monoisotopic (exact) mass is 384 g/mol. The van der Waals surface area contributed by atoms with Gasteiger partial charge in [-0.05, 0) is 91.4 Å². The molecule has 3 nitrogen and oxygen atoms in total. The van der Waals surface area contributed by atoms with Gasteiger partial charge in [-0.3, -0.25) is 4.79 Å². The zero-order valence-electron chi connectivity index (χ0n) is 18.0. The molecule has 154 valence electrons. The van der Waals surface area contributed by atoms with Crippen LogP contribution in [0.5, 0.6) is 0 Å². The highest BCUT2D eigenvalue weighted by molar-refractivity contribution is 5.91. The number of hydrogen-bond donors (Lipinski definition) is 0. The summed E-state index contributed by atoms with van der Waals surface area (Å²) in [5, 5.41) is 0. The molecule has 0 aromatic heterocycles. The van der Waals surface area contributed by atoms with Crippen LogP contribution in [0.25, 0.3) is 0 Å². The first-order valence-corrected chi connectivity index (χ1v) is 11.3. The van der Waals surface area contributed by atoms with Gasteiger partial charge in [-0.1, -0.05) is 32.4 Å². The second-order valence-corrected chi connectivity index (χ2v) is 10.4. The van der Waals surface area contributed by atoms with Crippen LogP contribution in [-0.2, 0) is 14.3 Å². The number of allylic oxidation sites excluding steroid dienone is 2. The second-order valence-electron chi connectivity index (χ2n) is 10.4. The maximum absolute atomic E-state index is 12.0. The standard InChI is InChI=1S/C25H36O3/c1-16(5-10-23(27)28-4)20-8-9-21-19-7-6-17-15-18(26)11-13-24(17,2)22(19)12-14-25(20,21)3/h5,10,15-16,19-22H,6-9,11-14H2,1-4H3/b10-5+/t16?,19?,20-,21?,22?,24+,25-/m1/s1. The fourth-order valence-electron chi connectivity index (χ4n) is 7.90. The summed E-state index contributed by atoms with van der Waals surface area (Å²) in [5.74, 6) is 3.50. The van der Waals surface area contributed by atoms with Crippen LogP contribution >= 0.6 is 0 Å². The quantitative estimate of drug-likeness (QED) is 0.477. The van der Waals surface area contributed by atoms with Crippen molar-refractivity contribution in [3.8, 4) is 0 Å². The second kappa shape index (κ2) is 7.15. The van der Waals surface area contributed by atoms with E-state index < -0.39 is 0 Å². The van der Waals surface area contributed by atoms with Crippen molar-refractivity contribution in [2.45, 2.75) is 72.1 Å². The lowest BCUT2D eigenvalue weighted by molar-refractivity contribution is -0.134. The minimum Gasteiger partial charge on any atom is -0.466 e. The number of ether oxygens (including phenoxy) is 1. The van der Waals surface area contributed by atoms with E-state index >= 15 is 0 Å². The van der Waals surface area contributed by atoms with Crippen molar-refractivity contribution >= 4 is 11.8 Å². The van der Waals surface area contributed by atoms with Gasteiger partial charge in [0.25, 0.3) is 0 Å². The van der Waals surface area contributed by atoms with Gasteiger partial charge in [0.2, 0.25) is 0 Å². The molecular weight excluding hydrogens is 348 g/mol. The number of carbonyl (C=O) groups is 2. The Morgan fingerprint density at radius 3 is 2.68 bits per heavy atom. The first kappa shape index (κ1) is 19.9. The Kier molecular flexibility index (Phi) is 5.08. The summed E-state index contributed by atoms with van der Waals surface area (Å²) in [5.41, 5.74) is 2.09. The van der Waals surface area contributed by atoms with Crippen molar-refractivity contribution < 1.29 is 14.3 Å². The van der Waals surface area contributed by atoms with Gasteiger partial charge in [0.15, 0.2) is 5.78 Å². The van der Waals surface area contributed by atoms with Crippen molar-refractivity contribution in [3.63, 3.8) is 0 Å². The van der Waals surface area contributed by atoms with E-state index in [9.17, 15) is 9.59 Å². The molecule has 4 unspecified atom stereocenters. The molecular formula is C25H36O3.